The first-order valence-corrected chi connectivity index (χ1v) is 5.95. The highest BCUT2D eigenvalue weighted by molar-refractivity contribution is 5.94. The second-order valence-electron chi connectivity index (χ2n) is 4.31. The van der Waals surface area contributed by atoms with E-state index in [1.54, 1.807) is 12.1 Å². The lowest BCUT2D eigenvalue weighted by molar-refractivity contribution is 0.396. The van der Waals surface area contributed by atoms with Gasteiger partial charge in [0.15, 0.2) is 0 Å². The summed E-state index contributed by atoms with van der Waals surface area (Å²) in [5.74, 6) is 0.954. The van der Waals surface area contributed by atoms with E-state index in [1.807, 2.05) is 0 Å². The molecule has 0 spiro atoms. The van der Waals surface area contributed by atoms with Crippen molar-refractivity contribution in [2.24, 2.45) is 0 Å². The minimum Gasteiger partial charge on any atom is -0.508 e. The first kappa shape index (κ1) is 12.3. The minimum absolute atomic E-state index is 0.0369. The molecule has 0 saturated carbocycles. The Hall–Kier alpha value is -2.69. The molecule has 1 aromatic heterocycles. The fourth-order valence-electron chi connectivity index (χ4n) is 2.19. The Morgan fingerprint density at radius 1 is 1.05 bits per heavy atom. The van der Waals surface area contributed by atoms with Crippen LogP contribution in [0.4, 0.5) is 0 Å². The van der Waals surface area contributed by atoms with Gasteiger partial charge in [-0.15, -0.1) is 0 Å². The quantitative estimate of drug-likeness (QED) is 0.726. The van der Waals surface area contributed by atoms with Crippen molar-refractivity contribution in [1.29, 1.82) is 0 Å². The number of hydrogen-bond donors (Lipinski definition) is 1. The Labute approximate surface area is 114 Å². The van der Waals surface area contributed by atoms with Gasteiger partial charge in [0.05, 0.1) is 19.6 Å². The van der Waals surface area contributed by atoms with E-state index >= 15 is 0 Å². The van der Waals surface area contributed by atoms with Gasteiger partial charge in [-0.2, -0.15) is 0 Å². The minimum atomic E-state index is -0.208. The number of phenolic OH excluding ortho intramolecular Hbond substituents is 1. The average Bonchev–Trinajstić information content (AvgIpc) is 2.45. The van der Waals surface area contributed by atoms with E-state index in [2.05, 4.69) is 0 Å². The maximum Gasteiger partial charge on any atom is 0.204 e. The molecule has 0 aliphatic rings. The third-order valence-corrected chi connectivity index (χ3v) is 3.15. The van der Waals surface area contributed by atoms with E-state index in [0.29, 0.717) is 33.4 Å². The predicted octanol–water partition coefficient (Wildman–Crippen LogP) is 2.67. The van der Waals surface area contributed by atoms with Gasteiger partial charge < -0.3 is 19.0 Å². The zero-order valence-corrected chi connectivity index (χ0v) is 11.0. The van der Waals surface area contributed by atoms with Crippen LogP contribution >= 0.6 is 0 Å². The number of aromatic hydroxyl groups is 1. The molecule has 5 nitrogen and oxygen atoms in total. The van der Waals surface area contributed by atoms with Crippen LogP contribution in [0.3, 0.4) is 0 Å². The second kappa shape index (κ2) is 4.45. The monoisotopic (exact) mass is 272 g/mol. The van der Waals surface area contributed by atoms with Gasteiger partial charge in [0.25, 0.3) is 0 Å². The van der Waals surface area contributed by atoms with Gasteiger partial charge in [0.2, 0.25) is 5.43 Å². The van der Waals surface area contributed by atoms with Gasteiger partial charge in [-0.05, 0) is 12.1 Å². The van der Waals surface area contributed by atoms with Gasteiger partial charge in [0.1, 0.15) is 33.8 Å². The molecule has 0 aliphatic heterocycles. The second-order valence-corrected chi connectivity index (χ2v) is 4.31. The lowest BCUT2D eigenvalue weighted by Crippen LogP contribution is -2.04. The number of fused-ring (bicyclic) bond motifs is 2. The number of rotatable bonds is 2. The topological polar surface area (TPSA) is 68.9 Å². The van der Waals surface area contributed by atoms with Crippen LogP contribution in [0.5, 0.6) is 17.2 Å². The fraction of sp³-hybridized carbons (Fsp3) is 0.133. The van der Waals surface area contributed by atoms with Crippen molar-refractivity contribution in [3.8, 4) is 17.2 Å². The standard InChI is InChI=1S/C15H12O5/c1-18-9-6-12(19-2)14-13(7-9)20-11-5-8(16)3-4-10(11)15(14)17/h3-7,16H,1-2H3. The smallest absolute Gasteiger partial charge is 0.204 e. The maximum atomic E-state index is 12.5. The van der Waals surface area contributed by atoms with Gasteiger partial charge in [-0.3, -0.25) is 4.79 Å². The zero-order chi connectivity index (χ0) is 14.3. The molecule has 2 aromatic carbocycles. The molecule has 5 heteroatoms. The van der Waals surface area contributed by atoms with Crippen molar-refractivity contribution in [2.75, 3.05) is 14.2 Å². The molecule has 0 unspecified atom stereocenters. The van der Waals surface area contributed by atoms with Crippen molar-refractivity contribution in [3.05, 3.63) is 40.6 Å². The zero-order valence-electron chi connectivity index (χ0n) is 11.0. The van der Waals surface area contributed by atoms with Crippen molar-refractivity contribution >= 4 is 21.9 Å². The van der Waals surface area contributed by atoms with E-state index in [-0.39, 0.29) is 11.2 Å². The molecule has 0 saturated heterocycles. The number of hydrogen-bond acceptors (Lipinski definition) is 5. The van der Waals surface area contributed by atoms with Crippen LogP contribution in [0.25, 0.3) is 21.9 Å². The van der Waals surface area contributed by atoms with E-state index in [4.69, 9.17) is 13.9 Å². The Bertz CT molecular complexity index is 863. The van der Waals surface area contributed by atoms with Crippen LogP contribution in [0.2, 0.25) is 0 Å². The first-order valence-electron chi connectivity index (χ1n) is 5.95. The van der Waals surface area contributed by atoms with Crippen molar-refractivity contribution in [2.45, 2.75) is 0 Å². The first-order chi connectivity index (χ1) is 9.63. The summed E-state index contributed by atoms with van der Waals surface area (Å²) in [7, 11) is 3.00. The third-order valence-electron chi connectivity index (χ3n) is 3.15. The van der Waals surface area contributed by atoms with Gasteiger partial charge in [-0.25, -0.2) is 0 Å². The molecular weight excluding hydrogens is 260 g/mol. The number of ether oxygens (including phenoxy) is 2. The van der Waals surface area contributed by atoms with Gasteiger partial charge >= 0.3 is 0 Å². The lowest BCUT2D eigenvalue weighted by atomic mass is 10.1. The van der Waals surface area contributed by atoms with Gasteiger partial charge in [-0.1, -0.05) is 0 Å². The highest BCUT2D eigenvalue weighted by Gasteiger charge is 2.14. The molecule has 0 bridgehead atoms. The summed E-state index contributed by atoms with van der Waals surface area (Å²) in [6, 6.07) is 7.62. The Kier molecular flexibility index (Phi) is 2.75. The summed E-state index contributed by atoms with van der Waals surface area (Å²) < 4.78 is 16.1. The molecule has 0 radical (unpaired) electrons. The molecule has 1 heterocycles. The molecule has 0 amide bonds. The predicted molar refractivity (Wildman–Crippen MR) is 74.8 cm³/mol. The number of phenols is 1. The van der Waals surface area contributed by atoms with Crippen LogP contribution in [-0.4, -0.2) is 19.3 Å². The molecule has 20 heavy (non-hydrogen) atoms. The molecule has 0 aliphatic carbocycles. The fourth-order valence-corrected chi connectivity index (χ4v) is 2.19. The third kappa shape index (κ3) is 1.75. The van der Waals surface area contributed by atoms with E-state index in [9.17, 15) is 9.90 Å². The molecule has 102 valence electrons. The van der Waals surface area contributed by atoms with Crippen LogP contribution < -0.4 is 14.9 Å². The summed E-state index contributed by atoms with van der Waals surface area (Å²) in [5, 5.41) is 10.2. The highest BCUT2D eigenvalue weighted by atomic mass is 16.5. The largest absolute Gasteiger partial charge is 0.508 e. The van der Waals surface area contributed by atoms with E-state index in [1.165, 1.54) is 32.4 Å². The average molecular weight is 272 g/mol. The molecule has 3 aromatic rings. The number of benzene rings is 2. The van der Waals surface area contributed by atoms with Crippen LogP contribution in [-0.2, 0) is 0 Å². The van der Waals surface area contributed by atoms with Crippen LogP contribution in [0.1, 0.15) is 0 Å². The number of methoxy groups -OCH3 is 2. The van der Waals surface area contributed by atoms with Crippen molar-refractivity contribution < 1.29 is 19.0 Å². The van der Waals surface area contributed by atoms with Gasteiger partial charge in [0, 0.05) is 18.2 Å². The molecule has 0 atom stereocenters. The van der Waals surface area contributed by atoms with Crippen molar-refractivity contribution in [3.63, 3.8) is 0 Å². The summed E-state index contributed by atoms with van der Waals surface area (Å²) >= 11 is 0. The van der Waals surface area contributed by atoms with Crippen LogP contribution in [0, 0.1) is 0 Å². The normalized spacial score (nSPS) is 10.9. The molecule has 0 fully saturated rings. The Morgan fingerprint density at radius 2 is 1.85 bits per heavy atom. The van der Waals surface area contributed by atoms with Crippen LogP contribution in [0.15, 0.2) is 39.5 Å². The van der Waals surface area contributed by atoms with E-state index < -0.39 is 0 Å². The Balaban J connectivity index is 2.52. The molecule has 3 rings (SSSR count). The SMILES string of the molecule is COc1cc(OC)c2c(=O)c3ccc(O)cc3oc2c1. The lowest BCUT2D eigenvalue weighted by Gasteiger charge is -2.08. The summed E-state index contributed by atoms with van der Waals surface area (Å²) in [6.07, 6.45) is 0. The maximum absolute atomic E-state index is 12.5. The molecule has 1 N–H and O–H groups in total. The highest BCUT2D eigenvalue weighted by Crippen LogP contribution is 2.31. The van der Waals surface area contributed by atoms with Crippen molar-refractivity contribution in [1.82, 2.24) is 0 Å². The summed E-state index contributed by atoms with van der Waals surface area (Å²) in [4.78, 5) is 12.5. The summed E-state index contributed by atoms with van der Waals surface area (Å²) in [6.45, 7) is 0. The Morgan fingerprint density at radius 3 is 2.55 bits per heavy atom. The van der Waals surface area contributed by atoms with E-state index in [0.717, 1.165) is 0 Å². The molecular formula is C15H12O5. The summed E-state index contributed by atoms with van der Waals surface area (Å²) in [5.41, 5.74) is 0.461.